The molecular formula is C28H33ClN4O5. The van der Waals surface area contributed by atoms with Gasteiger partial charge in [-0.25, -0.2) is 9.78 Å². The van der Waals surface area contributed by atoms with Gasteiger partial charge < -0.3 is 14.5 Å². The minimum atomic E-state index is -1.02. The van der Waals surface area contributed by atoms with Crippen molar-refractivity contribution in [1.29, 1.82) is 0 Å². The molecule has 1 atom stereocenters. The first kappa shape index (κ1) is 27.6. The summed E-state index contributed by atoms with van der Waals surface area (Å²) in [6, 6.07) is 9.75. The van der Waals surface area contributed by atoms with Gasteiger partial charge in [-0.1, -0.05) is 28.9 Å². The van der Waals surface area contributed by atoms with Crippen LogP contribution in [0.25, 0.3) is 0 Å². The van der Waals surface area contributed by atoms with Crippen LogP contribution in [0.1, 0.15) is 69.1 Å². The average molecular weight is 541 g/mol. The number of halogens is 1. The molecule has 1 aromatic heterocycles. The molecule has 0 radical (unpaired) electrons. The lowest BCUT2D eigenvalue weighted by Crippen LogP contribution is -2.53. The lowest BCUT2D eigenvalue weighted by atomic mass is 9.95. The molecule has 2 aliphatic heterocycles. The zero-order chi connectivity index (χ0) is 27.8. The summed E-state index contributed by atoms with van der Waals surface area (Å²) < 4.78 is 5.58. The second kappa shape index (κ2) is 10.4. The summed E-state index contributed by atoms with van der Waals surface area (Å²) >= 11 is 6.55. The van der Waals surface area contributed by atoms with Crippen molar-refractivity contribution < 1.29 is 24.0 Å². The zero-order valence-electron chi connectivity index (χ0n) is 22.6. The molecule has 1 aromatic carbocycles. The number of amides is 2. The lowest BCUT2D eigenvalue weighted by molar-refractivity contribution is -0.128. The highest BCUT2D eigenvalue weighted by Crippen LogP contribution is 2.31. The smallest absolute Gasteiger partial charge is 0.410 e. The van der Waals surface area contributed by atoms with Crippen molar-refractivity contribution in [3.8, 4) is 0 Å². The monoisotopic (exact) mass is 540 g/mol. The topological polar surface area (TPSA) is 101 Å². The Morgan fingerprint density at radius 3 is 2.45 bits per heavy atom. The lowest BCUT2D eigenvalue weighted by Gasteiger charge is -2.39. The Kier molecular flexibility index (Phi) is 7.52. The van der Waals surface area contributed by atoms with Crippen molar-refractivity contribution in [1.82, 2.24) is 9.88 Å². The van der Waals surface area contributed by atoms with Crippen LogP contribution in [0.5, 0.6) is 0 Å². The number of anilines is 1. The number of aromatic nitrogens is 1. The quantitative estimate of drug-likeness (QED) is 0.530. The van der Waals surface area contributed by atoms with Crippen LogP contribution in [0.3, 0.4) is 0 Å². The number of oxime groups is 1. The van der Waals surface area contributed by atoms with Crippen LogP contribution in [0, 0.1) is 6.92 Å². The maximum Gasteiger partial charge on any atom is 0.410 e. The Bertz CT molecular complexity index is 1280. The molecule has 9 nitrogen and oxygen atoms in total. The van der Waals surface area contributed by atoms with Gasteiger partial charge in [-0.2, -0.15) is 0 Å². The van der Waals surface area contributed by atoms with Gasteiger partial charge in [0.15, 0.2) is 17.1 Å². The molecule has 0 saturated carbocycles. The summed E-state index contributed by atoms with van der Waals surface area (Å²) in [5.74, 6) is -0.204. The SMILES string of the molecule is Cc1ccc(Cl)c(N(C(=O)c2ccc(C3=NOC(C)(C)C3=O)cc2)[C@@H]2CCCN(C(=O)OC(C)(C)C)C2)n1. The van der Waals surface area contributed by atoms with Crippen LogP contribution in [-0.4, -0.2) is 63.7 Å². The Labute approximate surface area is 227 Å². The van der Waals surface area contributed by atoms with E-state index in [1.165, 1.54) is 0 Å². The van der Waals surface area contributed by atoms with Gasteiger partial charge in [-0.3, -0.25) is 14.5 Å². The van der Waals surface area contributed by atoms with E-state index in [1.807, 2.05) is 27.7 Å². The molecule has 0 unspecified atom stereocenters. The minimum Gasteiger partial charge on any atom is -0.444 e. The first-order valence-electron chi connectivity index (χ1n) is 12.6. The van der Waals surface area contributed by atoms with Crippen LogP contribution in [0.15, 0.2) is 41.6 Å². The second-order valence-electron chi connectivity index (χ2n) is 11.1. The first-order valence-corrected chi connectivity index (χ1v) is 13.0. The van der Waals surface area contributed by atoms with E-state index in [4.69, 9.17) is 21.2 Å². The third kappa shape index (κ3) is 5.83. The van der Waals surface area contributed by atoms with Crippen LogP contribution in [-0.2, 0) is 14.4 Å². The van der Waals surface area contributed by atoms with E-state index < -0.39 is 17.3 Å². The van der Waals surface area contributed by atoms with E-state index in [1.54, 1.807) is 60.0 Å². The van der Waals surface area contributed by atoms with Gasteiger partial charge in [0.2, 0.25) is 5.78 Å². The normalized spacial score (nSPS) is 19.0. The number of carbonyl (C=O) groups is 3. The number of piperidine rings is 1. The molecule has 4 rings (SSSR count). The fraction of sp³-hybridized carbons (Fsp3) is 0.464. The Morgan fingerprint density at radius 1 is 1.16 bits per heavy atom. The summed E-state index contributed by atoms with van der Waals surface area (Å²) in [4.78, 5) is 52.4. The molecule has 0 N–H and O–H groups in total. The van der Waals surface area contributed by atoms with E-state index in [0.29, 0.717) is 47.0 Å². The van der Waals surface area contributed by atoms with Crippen LogP contribution in [0.4, 0.5) is 10.6 Å². The fourth-order valence-corrected chi connectivity index (χ4v) is 4.61. The maximum atomic E-state index is 14.0. The van der Waals surface area contributed by atoms with Gasteiger partial charge in [0, 0.05) is 29.9 Å². The largest absolute Gasteiger partial charge is 0.444 e. The molecule has 0 spiro atoms. The Morgan fingerprint density at radius 2 is 1.84 bits per heavy atom. The minimum absolute atomic E-state index is 0.217. The summed E-state index contributed by atoms with van der Waals surface area (Å²) in [6.45, 7) is 11.4. The maximum absolute atomic E-state index is 14.0. The number of pyridine rings is 1. The molecule has 10 heteroatoms. The summed E-state index contributed by atoms with van der Waals surface area (Å²) in [5, 5.41) is 4.27. The Balaban J connectivity index is 1.65. The molecule has 38 heavy (non-hydrogen) atoms. The third-order valence-electron chi connectivity index (χ3n) is 6.36. The summed E-state index contributed by atoms with van der Waals surface area (Å²) in [7, 11) is 0. The highest BCUT2D eigenvalue weighted by Gasteiger charge is 2.40. The molecule has 202 valence electrons. The molecule has 0 bridgehead atoms. The van der Waals surface area contributed by atoms with Crippen molar-refractivity contribution >= 4 is 40.9 Å². The number of rotatable bonds is 4. The number of nitrogens with zero attached hydrogens (tertiary/aromatic N) is 4. The molecular weight excluding hydrogens is 508 g/mol. The average Bonchev–Trinajstić information content (AvgIpc) is 3.13. The van der Waals surface area contributed by atoms with Gasteiger partial charge in [-0.15, -0.1) is 0 Å². The number of ether oxygens (including phenoxy) is 1. The number of aryl methyl sites for hydroxylation is 1. The molecule has 0 aliphatic carbocycles. The molecule has 2 aliphatic rings. The van der Waals surface area contributed by atoms with Crippen LogP contribution >= 0.6 is 11.6 Å². The van der Waals surface area contributed by atoms with Crippen molar-refractivity contribution in [3.63, 3.8) is 0 Å². The molecule has 2 aromatic rings. The van der Waals surface area contributed by atoms with Crippen molar-refractivity contribution in [2.75, 3.05) is 18.0 Å². The van der Waals surface area contributed by atoms with Gasteiger partial charge in [-0.05, 0) is 78.6 Å². The molecule has 1 saturated heterocycles. The molecule has 1 fully saturated rings. The summed E-state index contributed by atoms with van der Waals surface area (Å²) in [5.41, 5.74) is 0.216. The number of carbonyl (C=O) groups excluding carboxylic acids is 3. The van der Waals surface area contributed by atoms with Crippen molar-refractivity contribution in [2.24, 2.45) is 5.16 Å². The highest BCUT2D eigenvalue weighted by molar-refractivity contribution is 6.49. The Hall–Kier alpha value is -3.46. The highest BCUT2D eigenvalue weighted by atomic mass is 35.5. The van der Waals surface area contributed by atoms with Gasteiger partial charge >= 0.3 is 6.09 Å². The van der Waals surface area contributed by atoms with Gasteiger partial charge in [0.1, 0.15) is 5.60 Å². The van der Waals surface area contributed by atoms with E-state index in [0.717, 1.165) is 0 Å². The first-order chi connectivity index (χ1) is 17.8. The van der Waals surface area contributed by atoms with E-state index in [2.05, 4.69) is 10.1 Å². The number of hydrogen-bond acceptors (Lipinski definition) is 7. The second-order valence-corrected chi connectivity index (χ2v) is 11.5. The molecule has 3 heterocycles. The summed E-state index contributed by atoms with van der Waals surface area (Å²) in [6.07, 6.45) is 0.926. The van der Waals surface area contributed by atoms with Crippen LogP contribution in [0.2, 0.25) is 5.02 Å². The predicted molar refractivity (Wildman–Crippen MR) is 145 cm³/mol. The van der Waals surface area contributed by atoms with E-state index >= 15 is 0 Å². The zero-order valence-corrected chi connectivity index (χ0v) is 23.3. The predicted octanol–water partition coefficient (Wildman–Crippen LogP) is 5.17. The number of likely N-dealkylation sites (tertiary alicyclic amines) is 1. The van der Waals surface area contributed by atoms with E-state index in [9.17, 15) is 14.4 Å². The van der Waals surface area contributed by atoms with Crippen molar-refractivity contribution in [2.45, 2.75) is 71.6 Å². The van der Waals surface area contributed by atoms with E-state index in [-0.39, 0.29) is 30.0 Å². The number of Topliss-reactive ketones (excluding diaryl/α,β-unsaturated/α-hetero) is 1. The third-order valence-corrected chi connectivity index (χ3v) is 6.65. The number of hydrogen-bond donors (Lipinski definition) is 0. The van der Waals surface area contributed by atoms with Gasteiger partial charge in [0.05, 0.1) is 11.1 Å². The molecule has 2 amide bonds. The standard InChI is InChI=1S/C28H33ClN4O5/c1-17-9-14-21(29)24(30-17)33(20-8-7-15-32(16-20)26(36)37-27(2,3)4)25(35)19-12-10-18(11-13-19)22-23(34)28(5,6)38-31-22/h9-14,20H,7-8,15-16H2,1-6H3/t20-/m1/s1. The van der Waals surface area contributed by atoms with Crippen molar-refractivity contribution in [3.05, 3.63) is 58.2 Å². The number of ketones is 1. The fourth-order valence-electron chi connectivity index (χ4n) is 4.41. The van der Waals surface area contributed by atoms with Gasteiger partial charge in [0.25, 0.3) is 5.91 Å². The van der Waals surface area contributed by atoms with Crippen LogP contribution < -0.4 is 4.90 Å². The number of benzene rings is 1.